The first-order chi connectivity index (χ1) is 25.5. The molecule has 296 valence electrons. The van der Waals surface area contributed by atoms with Gasteiger partial charge in [-0.05, 0) is 24.3 Å². The number of nitrogens with two attached hydrogens (primary N) is 2. The van der Waals surface area contributed by atoms with Crippen molar-refractivity contribution in [3.8, 4) is 11.4 Å². The van der Waals surface area contributed by atoms with Gasteiger partial charge in [-0.15, -0.1) is 9.24 Å². The first kappa shape index (κ1) is 50.2. The number of imidazole rings is 1. The highest BCUT2D eigenvalue weighted by Crippen LogP contribution is 2.19. The van der Waals surface area contributed by atoms with E-state index in [9.17, 15) is 27.3 Å². The third-order valence-corrected chi connectivity index (χ3v) is 9.68. The van der Waals surface area contributed by atoms with Crippen LogP contribution in [0.2, 0.25) is 0 Å². The number of para-hydroxylation sites is 4. The summed E-state index contributed by atoms with van der Waals surface area (Å²) >= 11 is 3.84. The van der Waals surface area contributed by atoms with Crippen molar-refractivity contribution >= 4 is 84.2 Å². The van der Waals surface area contributed by atoms with E-state index in [1.54, 1.807) is 36.4 Å². The predicted octanol–water partition coefficient (Wildman–Crippen LogP) is 5.10. The summed E-state index contributed by atoms with van der Waals surface area (Å²) < 4.78 is 34.8. The molecule has 0 saturated carbocycles. The number of benzene rings is 4. The fourth-order valence-corrected chi connectivity index (χ4v) is 6.93. The summed E-state index contributed by atoms with van der Waals surface area (Å²) in [4.78, 5) is 41.0. The van der Waals surface area contributed by atoms with Gasteiger partial charge in [0.05, 0.1) is 29.5 Å². The lowest BCUT2D eigenvalue weighted by molar-refractivity contribution is -0.139. The molecule has 1 aliphatic rings. The van der Waals surface area contributed by atoms with Gasteiger partial charge in [-0.1, -0.05) is 104 Å². The minimum atomic E-state index is -3.67. The lowest BCUT2D eigenvalue weighted by Crippen LogP contribution is -3.00. The number of ketones is 1. The Balaban J connectivity index is 0.000000687. The fraction of sp³-hybridized carbons (Fsp3) is 0.237. The number of H-pyrrole nitrogens is 1. The highest BCUT2D eigenvalue weighted by Gasteiger charge is 2.17. The number of Topliss-reactive ketones (excluding diaryl/α,β-unsaturated/α-hetero) is 1. The third kappa shape index (κ3) is 21.6. The molecule has 1 atom stereocenters. The molecule has 55 heavy (non-hydrogen) atoms. The van der Waals surface area contributed by atoms with Gasteiger partial charge in [0, 0.05) is 42.4 Å². The van der Waals surface area contributed by atoms with Crippen LogP contribution in [0.25, 0.3) is 22.4 Å². The summed E-state index contributed by atoms with van der Waals surface area (Å²) in [5.41, 5.74) is 15.8. The van der Waals surface area contributed by atoms with Crippen LogP contribution in [0, 0.1) is 0 Å². The van der Waals surface area contributed by atoms with Gasteiger partial charge in [-0.25, -0.2) is 4.98 Å². The van der Waals surface area contributed by atoms with E-state index in [0.717, 1.165) is 28.8 Å². The number of carbonyl (C=O) groups excluding carboxylic acids is 3. The molecule has 0 bridgehead atoms. The van der Waals surface area contributed by atoms with Crippen LogP contribution in [0.3, 0.4) is 0 Å². The van der Waals surface area contributed by atoms with Crippen LogP contribution in [0.1, 0.15) is 43.5 Å². The Morgan fingerprint density at radius 3 is 1.96 bits per heavy atom. The highest BCUT2D eigenvalue weighted by molar-refractivity contribution is 8.22. The number of nitrogens with one attached hydrogen (secondary N) is 2. The van der Waals surface area contributed by atoms with Gasteiger partial charge in [0.1, 0.15) is 12.2 Å². The largest absolute Gasteiger partial charge is 1.00 e. The number of carbonyl (C=O) groups is 3. The number of ether oxygens (including phenoxy) is 1. The SMILES string of the molecule is C.COC(=O)CC(=O)c1ccccc1.FB(F)F.Nc1ccccc1N.O=C(CCC1=[S+]CCCS1)NCP.[F-].c1ccc(-c2nc3ccccc3[nH]2)cc1. The number of amides is 1. The van der Waals surface area contributed by atoms with E-state index in [4.69, 9.17) is 11.5 Å². The summed E-state index contributed by atoms with van der Waals surface area (Å²) in [7, 11) is 0.0906. The lowest BCUT2D eigenvalue weighted by atomic mass is 10.1. The second-order valence-electron chi connectivity index (χ2n) is 10.6. The Morgan fingerprint density at radius 1 is 0.909 bits per heavy atom. The molecule has 2 heterocycles. The predicted molar refractivity (Wildman–Crippen MR) is 226 cm³/mol. The molecule has 5 aromatic rings. The smallest absolute Gasteiger partial charge is 0.762 e. The Labute approximate surface area is 330 Å². The molecule has 0 spiro atoms. The van der Waals surface area contributed by atoms with E-state index in [0.29, 0.717) is 29.6 Å². The molecule has 6 N–H and O–H groups in total. The first-order valence-corrected chi connectivity index (χ1v) is 19.1. The maximum Gasteiger partial charge on any atom is 0.762 e. The van der Waals surface area contributed by atoms with Crippen LogP contribution in [0.15, 0.2) is 109 Å². The number of methoxy groups -OCH3 is 1. The number of anilines is 2. The maximum absolute atomic E-state index is 11.3. The van der Waals surface area contributed by atoms with Crippen molar-refractivity contribution in [2.75, 3.05) is 36.4 Å². The molecule has 17 heteroatoms. The van der Waals surface area contributed by atoms with Gasteiger partial charge in [0.15, 0.2) is 22.9 Å². The summed E-state index contributed by atoms with van der Waals surface area (Å²) in [5, 5.41) is 2.78. The average molecular weight is 820 g/mol. The third-order valence-electron chi connectivity index (χ3n) is 6.73. The van der Waals surface area contributed by atoms with Crippen molar-refractivity contribution in [2.45, 2.75) is 33.1 Å². The molecule has 0 aliphatic carbocycles. The fourth-order valence-electron chi connectivity index (χ4n) is 4.16. The van der Waals surface area contributed by atoms with Crippen molar-refractivity contribution in [1.29, 1.82) is 0 Å². The van der Waals surface area contributed by atoms with Gasteiger partial charge >= 0.3 is 13.5 Å². The monoisotopic (exact) mass is 819 g/mol. The van der Waals surface area contributed by atoms with Crippen LogP contribution in [0.5, 0.6) is 0 Å². The quantitative estimate of drug-likeness (QED) is 0.0194. The normalized spacial score (nSPS) is 10.8. The van der Waals surface area contributed by atoms with Crippen LogP contribution < -0.4 is 21.5 Å². The number of aromatic amines is 1. The second-order valence-corrected chi connectivity index (χ2v) is 13.7. The standard InChI is InChI=1S/C13H10N2.C10H10O3.C8H14NOPS2.C6H8N2.CH4.BF3.FH/c1-2-6-10(7-3-1)13-14-11-8-4-5-9-12(11)15-13;1-13-10(12)7-9(11)8-5-3-2-4-6-8;10-7(9-6-11)2-3-8-12-4-1-5-13-8;7-5-3-1-2-4-6(5)8;;2-1(3)4;/h1-9H,(H,14,15);2-6H,7H2,1H3;1-6,11H2;1-4H,7-8H2;1H4;;1H. The summed E-state index contributed by atoms with van der Waals surface area (Å²) in [6.45, 7) is 0. The molecular weight excluding hydrogens is 772 g/mol. The van der Waals surface area contributed by atoms with E-state index >= 15 is 0 Å². The van der Waals surface area contributed by atoms with E-state index in [-0.39, 0.29) is 30.2 Å². The number of rotatable bonds is 8. The number of hydrogen-bond acceptors (Lipinski definition) is 8. The maximum atomic E-state index is 11.3. The van der Waals surface area contributed by atoms with E-state index in [1.165, 1.54) is 29.2 Å². The van der Waals surface area contributed by atoms with Crippen LogP contribution in [-0.4, -0.2) is 64.3 Å². The zero-order valence-corrected chi connectivity index (χ0v) is 32.3. The Morgan fingerprint density at radius 2 is 1.45 bits per heavy atom. The zero-order chi connectivity index (χ0) is 38.8. The number of halogens is 4. The Kier molecular flexibility index (Phi) is 27.0. The van der Waals surface area contributed by atoms with Crippen molar-refractivity contribution < 1.29 is 36.8 Å². The molecule has 1 unspecified atom stereocenters. The molecule has 0 radical (unpaired) electrons. The number of nitrogens with zero attached hydrogens (tertiary/aromatic N) is 1. The van der Waals surface area contributed by atoms with Crippen LogP contribution in [0.4, 0.5) is 24.3 Å². The summed E-state index contributed by atoms with van der Waals surface area (Å²) in [6, 6.07) is 34.1. The number of esters is 1. The number of aromatic nitrogens is 2. The second kappa shape index (κ2) is 29.6. The van der Waals surface area contributed by atoms with Gasteiger partial charge < -0.3 is 31.2 Å². The highest BCUT2D eigenvalue weighted by atomic mass is 32.2. The number of thioether (sulfide) groups is 1. The first-order valence-electron chi connectivity index (χ1n) is 16.3. The molecule has 1 amide bonds. The van der Waals surface area contributed by atoms with E-state index in [2.05, 4.69) is 41.4 Å². The zero-order valence-electron chi connectivity index (χ0n) is 29.6. The van der Waals surface area contributed by atoms with Gasteiger partial charge in [-0.2, -0.15) is 0 Å². The molecule has 0 fully saturated rings. The molecule has 6 rings (SSSR count). The van der Waals surface area contributed by atoms with Crippen molar-refractivity contribution in [3.05, 3.63) is 115 Å². The van der Waals surface area contributed by atoms with Crippen molar-refractivity contribution in [1.82, 2.24) is 15.3 Å². The Bertz CT molecular complexity index is 1810. The van der Waals surface area contributed by atoms with Crippen molar-refractivity contribution in [2.24, 2.45) is 0 Å². The minimum Gasteiger partial charge on any atom is -1.00 e. The molecule has 0 saturated heterocycles. The minimum absolute atomic E-state index is 0. The number of nitrogen functional groups attached to an aromatic ring is 2. The Hall–Kier alpha value is -4.79. The number of fused-ring (bicyclic) bond motifs is 1. The van der Waals surface area contributed by atoms with Gasteiger partial charge in [-0.3, -0.25) is 27.3 Å². The lowest BCUT2D eigenvalue weighted by Gasteiger charge is -2.02. The topological polar surface area (TPSA) is 153 Å². The molecular formula is C38H47BF4N5O4PS2. The molecule has 1 aliphatic heterocycles. The van der Waals surface area contributed by atoms with Crippen molar-refractivity contribution in [3.63, 3.8) is 0 Å². The summed E-state index contributed by atoms with van der Waals surface area (Å²) in [6.07, 6.45) is 3.35. The van der Waals surface area contributed by atoms with Gasteiger partial charge in [0.2, 0.25) is 10.1 Å². The van der Waals surface area contributed by atoms with E-state index < -0.39 is 13.5 Å². The molecule has 9 nitrogen and oxygen atoms in total. The number of hydrogen-bond donors (Lipinski definition) is 4. The molecule has 4 aromatic carbocycles. The average Bonchev–Trinajstić information content (AvgIpc) is 3.62. The van der Waals surface area contributed by atoms with Crippen LogP contribution >= 0.6 is 21.0 Å². The summed E-state index contributed by atoms with van der Waals surface area (Å²) in [5.74, 6) is 2.83. The van der Waals surface area contributed by atoms with Crippen LogP contribution in [-0.2, 0) is 25.7 Å². The molecule has 1 aromatic heterocycles. The van der Waals surface area contributed by atoms with E-state index in [1.807, 2.05) is 83.8 Å². The van der Waals surface area contributed by atoms with Gasteiger partial charge in [0.25, 0.3) is 0 Å².